The minimum Gasteiger partial charge on any atom is -0.326 e. The highest BCUT2D eigenvalue weighted by molar-refractivity contribution is 5.92. The van der Waals surface area contributed by atoms with E-state index >= 15 is 0 Å². The van der Waals surface area contributed by atoms with E-state index in [2.05, 4.69) is 5.32 Å². The maximum absolute atomic E-state index is 12.0. The molecule has 0 aliphatic carbocycles. The lowest BCUT2D eigenvalue weighted by Gasteiger charge is -2.07. The minimum absolute atomic E-state index is 0.0651. The molecule has 0 aliphatic heterocycles. The molecule has 0 radical (unpaired) electrons. The van der Waals surface area contributed by atoms with E-state index in [1.165, 1.54) is 0 Å². The number of nitrogens with one attached hydrogen (secondary N) is 1. The summed E-state index contributed by atoms with van der Waals surface area (Å²) >= 11 is 0. The van der Waals surface area contributed by atoms with E-state index < -0.39 is 0 Å². The van der Waals surface area contributed by atoms with Crippen molar-refractivity contribution in [2.45, 2.75) is 45.4 Å². The molecule has 136 valence electrons. The van der Waals surface area contributed by atoms with E-state index in [0.717, 1.165) is 17.5 Å². The van der Waals surface area contributed by atoms with E-state index in [9.17, 15) is 14.4 Å². The highest BCUT2D eigenvalue weighted by Gasteiger charge is 2.08. The number of amides is 1. The van der Waals surface area contributed by atoms with Gasteiger partial charge < -0.3 is 5.32 Å². The first kappa shape index (κ1) is 19.6. The third-order valence-electron chi connectivity index (χ3n) is 4.06. The van der Waals surface area contributed by atoms with E-state index in [4.69, 9.17) is 0 Å². The average molecular weight is 351 g/mol. The van der Waals surface area contributed by atoms with Crippen molar-refractivity contribution in [1.82, 2.24) is 0 Å². The Morgan fingerprint density at radius 2 is 1.35 bits per heavy atom. The van der Waals surface area contributed by atoms with Crippen molar-refractivity contribution >= 4 is 23.2 Å². The topological polar surface area (TPSA) is 63.2 Å². The fraction of sp³-hybridized carbons (Fsp3) is 0.318. The fourth-order valence-corrected chi connectivity index (χ4v) is 2.69. The van der Waals surface area contributed by atoms with Crippen molar-refractivity contribution in [2.24, 2.45) is 0 Å². The normalized spacial score (nSPS) is 10.3. The van der Waals surface area contributed by atoms with Crippen LogP contribution in [-0.4, -0.2) is 17.5 Å². The SMILES string of the molecule is CCCC(=O)CCC(=O)Cc1ccc(NC(=O)Cc2ccccc2)cc1. The first-order chi connectivity index (χ1) is 12.6. The van der Waals surface area contributed by atoms with Crippen LogP contribution in [0.1, 0.15) is 43.7 Å². The summed E-state index contributed by atoms with van der Waals surface area (Å²) in [5.41, 5.74) is 2.56. The summed E-state index contributed by atoms with van der Waals surface area (Å²) in [4.78, 5) is 35.5. The molecule has 2 rings (SSSR count). The maximum atomic E-state index is 12.0. The molecule has 4 nitrogen and oxygen atoms in total. The van der Waals surface area contributed by atoms with Gasteiger partial charge in [0.25, 0.3) is 0 Å². The van der Waals surface area contributed by atoms with Crippen LogP contribution in [-0.2, 0) is 27.2 Å². The molecule has 0 aliphatic rings. The second-order valence-electron chi connectivity index (χ2n) is 6.41. The monoisotopic (exact) mass is 351 g/mol. The number of Topliss-reactive ketones (excluding diaryl/α,β-unsaturated/α-hetero) is 2. The van der Waals surface area contributed by atoms with Crippen LogP contribution in [0.3, 0.4) is 0 Å². The molecule has 26 heavy (non-hydrogen) atoms. The van der Waals surface area contributed by atoms with Crippen LogP contribution in [0.2, 0.25) is 0 Å². The highest BCUT2D eigenvalue weighted by Crippen LogP contribution is 2.12. The Kier molecular flexibility index (Phi) is 7.75. The van der Waals surface area contributed by atoms with Crippen LogP contribution < -0.4 is 5.32 Å². The lowest BCUT2D eigenvalue weighted by Crippen LogP contribution is -2.14. The molecule has 0 unspecified atom stereocenters. The molecule has 1 amide bonds. The summed E-state index contributed by atoms with van der Waals surface area (Å²) in [5, 5.41) is 2.86. The Hall–Kier alpha value is -2.75. The molecule has 1 N–H and O–H groups in total. The lowest BCUT2D eigenvalue weighted by molar-refractivity contribution is -0.124. The Morgan fingerprint density at radius 1 is 0.731 bits per heavy atom. The predicted octanol–water partition coefficient (Wildman–Crippen LogP) is 4.13. The van der Waals surface area contributed by atoms with Crippen molar-refractivity contribution in [2.75, 3.05) is 5.32 Å². The predicted molar refractivity (Wildman–Crippen MR) is 103 cm³/mol. The Labute approximate surface area is 154 Å². The number of hydrogen-bond acceptors (Lipinski definition) is 3. The van der Waals surface area contributed by atoms with Crippen LogP contribution in [0.25, 0.3) is 0 Å². The number of benzene rings is 2. The standard InChI is InChI=1S/C22H25NO3/c1-2-6-20(24)13-14-21(25)15-18-9-11-19(12-10-18)23-22(26)16-17-7-4-3-5-8-17/h3-5,7-12H,2,6,13-16H2,1H3,(H,23,26). The third kappa shape index (κ3) is 7.01. The maximum Gasteiger partial charge on any atom is 0.228 e. The number of carbonyl (C=O) groups excluding carboxylic acids is 3. The molecule has 4 heteroatoms. The van der Waals surface area contributed by atoms with Crippen LogP contribution in [0.4, 0.5) is 5.69 Å². The molecular weight excluding hydrogens is 326 g/mol. The summed E-state index contributed by atoms with van der Waals surface area (Å²) in [6.07, 6.45) is 2.65. The van der Waals surface area contributed by atoms with Gasteiger partial charge in [0.2, 0.25) is 5.91 Å². The van der Waals surface area contributed by atoms with Gasteiger partial charge in [-0.25, -0.2) is 0 Å². The van der Waals surface area contributed by atoms with Gasteiger partial charge in [0.1, 0.15) is 11.6 Å². The van der Waals surface area contributed by atoms with Gasteiger partial charge >= 0.3 is 0 Å². The van der Waals surface area contributed by atoms with Gasteiger partial charge in [-0.2, -0.15) is 0 Å². The van der Waals surface area contributed by atoms with Gasteiger partial charge in [-0.1, -0.05) is 49.4 Å². The zero-order valence-corrected chi connectivity index (χ0v) is 15.2. The zero-order chi connectivity index (χ0) is 18.8. The highest BCUT2D eigenvalue weighted by atomic mass is 16.1. The summed E-state index contributed by atoms with van der Waals surface area (Å²) < 4.78 is 0. The molecular formula is C22H25NO3. The van der Waals surface area contributed by atoms with Gasteiger partial charge in [-0.3, -0.25) is 14.4 Å². The largest absolute Gasteiger partial charge is 0.326 e. The van der Waals surface area contributed by atoms with Crippen molar-refractivity contribution in [3.63, 3.8) is 0 Å². The smallest absolute Gasteiger partial charge is 0.228 e. The van der Waals surface area contributed by atoms with E-state index in [-0.39, 0.29) is 17.5 Å². The molecule has 2 aromatic rings. The Bertz CT molecular complexity index is 736. The average Bonchev–Trinajstić information content (AvgIpc) is 2.63. The molecule has 0 spiro atoms. The van der Waals surface area contributed by atoms with Crippen molar-refractivity contribution in [1.29, 1.82) is 0 Å². The van der Waals surface area contributed by atoms with Gasteiger partial charge in [0.15, 0.2) is 0 Å². The number of carbonyl (C=O) groups is 3. The van der Waals surface area contributed by atoms with Crippen molar-refractivity contribution in [3.8, 4) is 0 Å². The molecule has 0 saturated carbocycles. The molecule has 2 aromatic carbocycles. The molecule has 0 fully saturated rings. The quantitative estimate of drug-likeness (QED) is 0.700. The third-order valence-corrected chi connectivity index (χ3v) is 4.06. The second-order valence-corrected chi connectivity index (χ2v) is 6.41. The summed E-state index contributed by atoms with van der Waals surface area (Å²) in [5.74, 6) is 0.141. The van der Waals surface area contributed by atoms with Crippen molar-refractivity contribution in [3.05, 3.63) is 65.7 Å². The molecule has 0 atom stereocenters. The van der Waals surface area contributed by atoms with E-state index in [1.54, 1.807) is 12.1 Å². The van der Waals surface area contributed by atoms with Crippen LogP contribution in [0.15, 0.2) is 54.6 Å². The summed E-state index contributed by atoms with van der Waals surface area (Å²) in [7, 11) is 0. The number of hydrogen-bond donors (Lipinski definition) is 1. The summed E-state index contributed by atoms with van der Waals surface area (Å²) in [6.45, 7) is 1.96. The Balaban J connectivity index is 1.79. The van der Waals surface area contributed by atoms with Gasteiger partial charge in [0.05, 0.1) is 6.42 Å². The van der Waals surface area contributed by atoms with Crippen molar-refractivity contribution < 1.29 is 14.4 Å². The van der Waals surface area contributed by atoms with Gasteiger partial charge in [-0.15, -0.1) is 0 Å². The summed E-state index contributed by atoms with van der Waals surface area (Å²) in [6, 6.07) is 16.8. The lowest BCUT2D eigenvalue weighted by atomic mass is 10.0. The van der Waals surface area contributed by atoms with Crippen LogP contribution in [0, 0.1) is 0 Å². The first-order valence-corrected chi connectivity index (χ1v) is 9.03. The van der Waals surface area contributed by atoms with E-state index in [1.807, 2.05) is 49.4 Å². The molecule has 0 bridgehead atoms. The number of rotatable bonds is 10. The van der Waals surface area contributed by atoms with Crippen LogP contribution in [0.5, 0.6) is 0 Å². The van der Waals surface area contributed by atoms with Crippen LogP contribution >= 0.6 is 0 Å². The zero-order valence-electron chi connectivity index (χ0n) is 15.2. The van der Waals surface area contributed by atoms with Gasteiger partial charge in [-0.05, 0) is 29.7 Å². The fourth-order valence-electron chi connectivity index (χ4n) is 2.69. The molecule has 0 saturated heterocycles. The molecule has 0 heterocycles. The number of anilines is 1. The number of ketones is 2. The van der Waals surface area contributed by atoms with Gasteiger partial charge in [0, 0.05) is 31.4 Å². The second kappa shape index (κ2) is 10.3. The minimum atomic E-state index is -0.0746. The first-order valence-electron chi connectivity index (χ1n) is 9.03. The van der Waals surface area contributed by atoms with E-state index in [0.29, 0.717) is 37.8 Å². The molecule has 0 aromatic heterocycles. The Morgan fingerprint density at radius 3 is 2.00 bits per heavy atom.